The lowest BCUT2D eigenvalue weighted by Crippen LogP contribution is -2.34. The molecule has 27 heavy (non-hydrogen) atoms. The fraction of sp³-hybridized carbons (Fsp3) is 0.526. The summed E-state index contributed by atoms with van der Waals surface area (Å²) in [4.78, 5) is 22.4. The summed E-state index contributed by atoms with van der Waals surface area (Å²) in [5.74, 6) is -1.14. The summed E-state index contributed by atoms with van der Waals surface area (Å²) in [6.07, 6.45) is 1.93. The Bertz CT molecular complexity index is 803. The van der Waals surface area contributed by atoms with Crippen LogP contribution in [0.2, 0.25) is 5.15 Å². The van der Waals surface area contributed by atoms with Crippen molar-refractivity contribution in [1.82, 2.24) is 14.9 Å². The molecule has 3 rings (SSSR count). The molecule has 148 valence electrons. The van der Waals surface area contributed by atoms with E-state index in [1.165, 1.54) is 0 Å². The molecule has 2 heterocycles. The first kappa shape index (κ1) is 21.4. The van der Waals surface area contributed by atoms with E-state index in [0.29, 0.717) is 17.4 Å². The molecule has 1 aliphatic rings. The van der Waals surface area contributed by atoms with E-state index in [2.05, 4.69) is 28.8 Å². The number of carbonyl (C=O) groups excluding carboxylic acids is 1. The number of aromatic nitrogens is 2. The second-order valence-electron chi connectivity index (χ2n) is 6.93. The van der Waals surface area contributed by atoms with E-state index in [1.807, 2.05) is 18.7 Å². The van der Waals surface area contributed by atoms with Crippen molar-refractivity contribution in [3.63, 3.8) is 0 Å². The highest BCUT2D eigenvalue weighted by molar-refractivity contribution is 6.32. The molecular weight excluding hydrogens is 374 g/mol. The highest BCUT2D eigenvalue weighted by Gasteiger charge is 2.28. The van der Waals surface area contributed by atoms with E-state index in [0.717, 1.165) is 44.5 Å². The van der Waals surface area contributed by atoms with Crippen LogP contribution in [0.3, 0.4) is 0 Å². The Balaban J connectivity index is 0.000000465. The molecule has 1 unspecified atom stereocenters. The Labute approximate surface area is 163 Å². The molecule has 1 aromatic carbocycles. The molecule has 1 saturated heterocycles. The number of rotatable bonds is 4. The van der Waals surface area contributed by atoms with Gasteiger partial charge in [0, 0.05) is 37.2 Å². The Morgan fingerprint density at radius 1 is 1.30 bits per heavy atom. The quantitative estimate of drug-likeness (QED) is 0.730. The van der Waals surface area contributed by atoms with Gasteiger partial charge in [-0.05, 0) is 20.0 Å². The van der Waals surface area contributed by atoms with Crippen LogP contribution in [-0.4, -0.2) is 53.9 Å². The van der Waals surface area contributed by atoms with E-state index in [1.54, 1.807) is 0 Å². The molecule has 0 spiro atoms. The van der Waals surface area contributed by atoms with E-state index in [9.17, 15) is 13.6 Å². The fourth-order valence-electron chi connectivity index (χ4n) is 2.77. The van der Waals surface area contributed by atoms with Crippen molar-refractivity contribution in [3.8, 4) is 0 Å². The fourth-order valence-corrected chi connectivity index (χ4v) is 3.03. The van der Waals surface area contributed by atoms with Gasteiger partial charge in [-0.25, -0.2) is 18.7 Å². The van der Waals surface area contributed by atoms with Gasteiger partial charge in [-0.2, -0.15) is 0 Å². The van der Waals surface area contributed by atoms with E-state index >= 15 is 0 Å². The highest BCUT2D eigenvalue weighted by atomic mass is 35.5. The zero-order valence-corrected chi connectivity index (χ0v) is 16.8. The lowest BCUT2D eigenvalue weighted by atomic mass is 10.2. The largest absolute Gasteiger partial charge is 0.352 e. The van der Waals surface area contributed by atoms with E-state index in [-0.39, 0.29) is 16.6 Å². The van der Waals surface area contributed by atoms with Crippen molar-refractivity contribution >= 4 is 34.7 Å². The minimum atomic E-state index is -0.948. The van der Waals surface area contributed by atoms with Gasteiger partial charge in [0.2, 0.25) is 0 Å². The molecule has 1 aromatic heterocycles. The Hall–Kier alpha value is -1.86. The van der Waals surface area contributed by atoms with Crippen molar-refractivity contribution in [2.75, 3.05) is 31.6 Å². The summed E-state index contributed by atoms with van der Waals surface area (Å²) in [5.41, 5.74) is 0.569. The summed E-state index contributed by atoms with van der Waals surface area (Å²) in [6, 6.07) is 2.51. The summed E-state index contributed by atoms with van der Waals surface area (Å²) in [6.45, 7) is 8.41. The van der Waals surface area contributed by atoms with Gasteiger partial charge < -0.3 is 14.6 Å². The number of nitrogens with zero attached hydrogens (tertiary/aromatic N) is 4. The number of carbonyl (C=O) groups is 1. The summed E-state index contributed by atoms with van der Waals surface area (Å²) < 4.78 is 26.6. The summed E-state index contributed by atoms with van der Waals surface area (Å²) in [5, 5.41) is 0.221. The molecule has 0 N–H and O–H groups in total. The van der Waals surface area contributed by atoms with Crippen LogP contribution in [0.4, 0.5) is 14.6 Å². The first-order valence-electron chi connectivity index (χ1n) is 8.99. The number of anilines is 1. The van der Waals surface area contributed by atoms with Crippen molar-refractivity contribution in [2.24, 2.45) is 5.92 Å². The monoisotopic (exact) mass is 398 g/mol. The maximum Gasteiger partial charge on any atom is 0.172 e. The van der Waals surface area contributed by atoms with Gasteiger partial charge in [-0.1, -0.05) is 32.4 Å². The maximum atomic E-state index is 13.4. The van der Waals surface area contributed by atoms with Gasteiger partial charge >= 0.3 is 0 Å². The number of hydrogen-bond acceptors (Lipinski definition) is 5. The van der Waals surface area contributed by atoms with Gasteiger partial charge in [-0.15, -0.1) is 0 Å². The molecule has 0 radical (unpaired) electrons. The zero-order chi connectivity index (χ0) is 20.1. The van der Waals surface area contributed by atoms with Gasteiger partial charge in [0.25, 0.3) is 0 Å². The maximum absolute atomic E-state index is 13.4. The average molecular weight is 399 g/mol. The molecule has 0 bridgehead atoms. The molecule has 0 saturated carbocycles. The number of aldehydes is 1. The second kappa shape index (κ2) is 9.37. The van der Waals surface area contributed by atoms with Crippen LogP contribution in [0.5, 0.6) is 0 Å². The van der Waals surface area contributed by atoms with E-state index in [4.69, 9.17) is 11.6 Å². The molecule has 0 aliphatic carbocycles. The van der Waals surface area contributed by atoms with Crippen LogP contribution in [0.25, 0.3) is 11.0 Å². The van der Waals surface area contributed by atoms with Crippen molar-refractivity contribution in [2.45, 2.75) is 33.2 Å². The number of fused-ring (bicyclic) bond motifs is 1. The number of hydrogen-bond donors (Lipinski definition) is 0. The summed E-state index contributed by atoms with van der Waals surface area (Å²) in [7, 11) is 2.08. The van der Waals surface area contributed by atoms with Crippen LogP contribution < -0.4 is 4.90 Å². The molecule has 0 amide bonds. The van der Waals surface area contributed by atoms with E-state index < -0.39 is 11.6 Å². The normalized spacial score (nSPS) is 16.8. The third-order valence-electron chi connectivity index (χ3n) is 4.50. The first-order valence-corrected chi connectivity index (χ1v) is 9.37. The van der Waals surface area contributed by atoms with Gasteiger partial charge in [-0.3, -0.25) is 0 Å². The van der Waals surface area contributed by atoms with Crippen molar-refractivity contribution < 1.29 is 13.6 Å². The predicted octanol–water partition coefficient (Wildman–Crippen LogP) is 3.93. The Morgan fingerprint density at radius 3 is 2.37 bits per heavy atom. The Morgan fingerprint density at radius 2 is 1.85 bits per heavy atom. The minimum absolute atomic E-state index is 0.204. The number of likely N-dealkylation sites (N-methyl/N-ethyl adjacent to an activating group) is 1. The third kappa shape index (κ3) is 5.32. The van der Waals surface area contributed by atoms with Crippen molar-refractivity contribution in [1.29, 1.82) is 0 Å². The third-order valence-corrected chi connectivity index (χ3v) is 4.76. The van der Waals surface area contributed by atoms with Crippen LogP contribution in [-0.2, 0) is 4.79 Å². The molecule has 1 fully saturated rings. The van der Waals surface area contributed by atoms with Gasteiger partial charge in [0.05, 0.1) is 11.0 Å². The average Bonchev–Trinajstić information content (AvgIpc) is 3.12. The van der Waals surface area contributed by atoms with Gasteiger partial charge in [0.15, 0.2) is 22.6 Å². The van der Waals surface area contributed by atoms with Crippen LogP contribution in [0.1, 0.15) is 27.2 Å². The lowest BCUT2D eigenvalue weighted by molar-refractivity contribution is -0.110. The predicted molar refractivity (Wildman–Crippen MR) is 104 cm³/mol. The van der Waals surface area contributed by atoms with Crippen LogP contribution >= 0.6 is 11.6 Å². The lowest BCUT2D eigenvalue weighted by Gasteiger charge is -2.23. The molecule has 8 heteroatoms. The van der Waals surface area contributed by atoms with Crippen molar-refractivity contribution in [3.05, 3.63) is 28.9 Å². The second-order valence-corrected chi connectivity index (χ2v) is 7.29. The highest BCUT2D eigenvalue weighted by Crippen LogP contribution is 2.29. The van der Waals surface area contributed by atoms with Gasteiger partial charge in [0.1, 0.15) is 6.29 Å². The molecular formula is C19H25ClF2N4O. The Kier molecular flexibility index (Phi) is 7.44. The molecule has 1 aliphatic heterocycles. The summed E-state index contributed by atoms with van der Waals surface area (Å²) >= 11 is 6.19. The molecule has 5 nitrogen and oxygen atoms in total. The topological polar surface area (TPSA) is 49.3 Å². The zero-order valence-electron chi connectivity index (χ0n) is 16.0. The van der Waals surface area contributed by atoms with Crippen LogP contribution in [0.15, 0.2) is 12.1 Å². The van der Waals surface area contributed by atoms with Crippen LogP contribution in [0, 0.1) is 17.6 Å². The number of benzene rings is 1. The minimum Gasteiger partial charge on any atom is -0.352 e. The SMILES string of the molecule is CC(C)C=O.CCN(C)C1CCN(c2nc3cc(F)c(F)cc3nc2Cl)C1. The first-order chi connectivity index (χ1) is 12.8. The standard InChI is InChI=1S/C15H17ClF2N4.C4H8O/c1-3-21(2)9-4-5-22(8-9)15-14(16)19-12-6-10(17)11(18)7-13(12)20-15;1-4(2)3-5/h6-7,9H,3-5,8H2,1-2H3;3-4H,1-2H3. The smallest absolute Gasteiger partial charge is 0.172 e. The number of halogens is 3. The molecule has 2 aromatic rings. The molecule has 1 atom stereocenters.